The van der Waals surface area contributed by atoms with Gasteiger partial charge in [0.05, 0.1) is 5.60 Å². The molecule has 1 aromatic rings. The van der Waals surface area contributed by atoms with E-state index in [9.17, 15) is 15.0 Å². The minimum absolute atomic E-state index is 0.126. The lowest BCUT2D eigenvalue weighted by Gasteiger charge is -2.23. The quantitative estimate of drug-likeness (QED) is 0.724. The number of methoxy groups -OCH3 is 1. The number of benzene rings is 1. The molecule has 0 aliphatic rings. The van der Waals surface area contributed by atoms with E-state index in [2.05, 4.69) is 5.32 Å². The molecule has 3 N–H and O–H groups in total. The van der Waals surface area contributed by atoms with Crippen LogP contribution in [0.5, 0.6) is 5.75 Å². The standard InChI is InChI=1S/C14H21NO4/c1-10-8-11(16)4-5-12(10)13(17)15-9-14(2,18)6-7-19-3/h4-5,8,16,18H,6-7,9H2,1-3H3,(H,15,17). The maximum atomic E-state index is 12.0. The van der Waals surface area contributed by atoms with Gasteiger partial charge < -0.3 is 20.3 Å². The average molecular weight is 267 g/mol. The van der Waals surface area contributed by atoms with E-state index in [1.165, 1.54) is 12.1 Å². The Hall–Kier alpha value is -1.59. The third kappa shape index (κ3) is 4.89. The van der Waals surface area contributed by atoms with E-state index in [-0.39, 0.29) is 18.2 Å². The molecule has 0 aliphatic heterocycles. The fourth-order valence-electron chi connectivity index (χ4n) is 1.68. The van der Waals surface area contributed by atoms with E-state index in [4.69, 9.17) is 4.74 Å². The van der Waals surface area contributed by atoms with Gasteiger partial charge in [0.25, 0.3) is 5.91 Å². The number of hydrogen-bond acceptors (Lipinski definition) is 4. The predicted octanol–water partition coefficient (Wildman–Crippen LogP) is 1.22. The van der Waals surface area contributed by atoms with Crippen molar-refractivity contribution in [2.45, 2.75) is 25.9 Å². The first-order valence-electron chi connectivity index (χ1n) is 6.15. The molecule has 0 aliphatic carbocycles. The number of carbonyl (C=O) groups excluding carboxylic acids is 1. The lowest BCUT2D eigenvalue weighted by Crippen LogP contribution is -2.41. The molecule has 1 unspecified atom stereocenters. The predicted molar refractivity (Wildman–Crippen MR) is 72.3 cm³/mol. The Labute approximate surface area is 113 Å². The molecule has 1 amide bonds. The zero-order valence-electron chi connectivity index (χ0n) is 11.6. The van der Waals surface area contributed by atoms with E-state index in [0.29, 0.717) is 24.2 Å². The molecule has 1 rings (SSSR count). The van der Waals surface area contributed by atoms with Crippen LogP contribution in [0, 0.1) is 6.92 Å². The highest BCUT2D eigenvalue weighted by Gasteiger charge is 2.21. The van der Waals surface area contributed by atoms with Gasteiger partial charge in [0, 0.05) is 32.2 Å². The Balaban J connectivity index is 2.60. The summed E-state index contributed by atoms with van der Waals surface area (Å²) in [4.78, 5) is 12.0. The summed E-state index contributed by atoms with van der Waals surface area (Å²) in [6.45, 7) is 3.98. The molecule has 1 atom stereocenters. The van der Waals surface area contributed by atoms with Gasteiger partial charge in [-0.15, -0.1) is 0 Å². The van der Waals surface area contributed by atoms with Gasteiger partial charge in [0.15, 0.2) is 0 Å². The number of phenols is 1. The highest BCUT2D eigenvalue weighted by molar-refractivity contribution is 5.95. The van der Waals surface area contributed by atoms with Crippen LogP contribution >= 0.6 is 0 Å². The van der Waals surface area contributed by atoms with Crippen LogP contribution in [0.4, 0.5) is 0 Å². The number of nitrogens with one attached hydrogen (secondary N) is 1. The zero-order valence-corrected chi connectivity index (χ0v) is 11.6. The normalized spacial score (nSPS) is 13.9. The molecular formula is C14H21NO4. The van der Waals surface area contributed by atoms with Crippen molar-refractivity contribution < 1.29 is 19.7 Å². The summed E-state index contributed by atoms with van der Waals surface area (Å²) in [7, 11) is 1.56. The molecule has 106 valence electrons. The minimum Gasteiger partial charge on any atom is -0.508 e. The van der Waals surface area contributed by atoms with Crippen LogP contribution < -0.4 is 5.32 Å². The van der Waals surface area contributed by atoms with Crippen LogP contribution in [-0.2, 0) is 4.74 Å². The Morgan fingerprint density at radius 2 is 2.16 bits per heavy atom. The van der Waals surface area contributed by atoms with Gasteiger partial charge >= 0.3 is 0 Å². The fourth-order valence-corrected chi connectivity index (χ4v) is 1.68. The van der Waals surface area contributed by atoms with Gasteiger partial charge in [-0.25, -0.2) is 0 Å². The van der Waals surface area contributed by atoms with E-state index in [1.54, 1.807) is 27.0 Å². The van der Waals surface area contributed by atoms with Gasteiger partial charge in [-0.05, 0) is 37.6 Å². The number of amides is 1. The Bertz CT molecular complexity index is 443. The molecule has 0 spiro atoms. The second kappa shape index (κ2) is 6.54. The van der Waals surface area contributed by atoms with Crippen molar-refractivity contribution in [3.05, 3.63) is 29.3 Å². The summed E-state index contributed by atoms with van der Waals surface area (Å²) in [6.07, 6.45) is 0.443. The maximum absolute atomic E-state index is 12.0. The van der Waals surface area contributed by atoms with Crippen molar-refractivity contribution in [3.63, 3.8) is 0 Å². The number of carbonyl (C=O) groups is 1. The molecule has 0 fully saturated rings. The molecule has 0 radical (unpaired) electrons. The van der Waals surface area contributed by atoms with Crippen LogP contribution in [0.25, 0.3) is 0 Å². The highest BCUT2D eigenvalue weighted by atomic mass is 16.5. The summed E-state index contributed by atoms with van der Waals surface area (Å²) in [5, 5.41) is 22.0. The molecule has 0 saturated heterocycles. The van der Waals surface area contributed by atoms with E-state index >= 15 is 0 Å². The van der Waals surface area contributed by atoms with Gasteiger partial charge in [-0.1, -0.05) is 0 Å². The summed E-state index contributed by atoms with van der Waals surface area (Å²) < 4.78 is 4.90. The van der Waals surface area contributed by atoms with E-state index in [1.807, 2.05) is 0 Å². The highest BCUT2D eigenvalue weighted by Crippen LogP contribution is 2.16. The number of aliphatic hydroxyl groups is 1. The number of rotatable bonds is 6. The van der Waals surface area contributed by atoms with Crippen LogP contribution in [-0.4, -0.2) is 42.0 Å². The first-order chi connectivity index (χ1) is 8.85. The van der Waals surface area contributed by atoms with Gasteiger partial charge in [-0.3, -0.25) is 4.79 Å². The van der Waals surface area contributed by atoms with Gasteiger partial charge in [-0.2, -0.15) is 0 Å². The Morgan fingerprint density at radius 1 is 1.47 bits per heavy atom. The summed E-state index contributed by atoms with van der Waals surface area (Å²) in [6, 6.07) is 4.55. The number of ether oxygens (including phenoxy) is 1. The van der Waals surface area contributed by atoms with Crippen molar-refractivity contribution in [3.8, 4) is 5.75 Å². The van der Waals surface area contributed by atoms with E-state index < -0.39 is 5.60 Å². The Kier molecular flexibility index (Phi) is 5.32. The molecular weight excluding hydrogens is 246 g/mol. The third-order valence-corrected chi connectivity index (χ3v) is 2.93. The number of phenolic OH excluding ortho intramolecular Hbond substituents is 1. The minimum atomic E-state index is -1.00. The maximum Gasteiger partial charge on any atom is 0.251 e. The molecule has 5 nitrogen and oxygen atoms in total. The molecule has 0 heterocycles. The summed E-state index contributed by atoms with van der Waals surface area (Å²) >= 11 is 0. The third-order valence-electron chi connectivity index (χ3n) is 2.93. The number of aryl methyl sites for hydroxylation is 1. The second-order valence-corrected chi connectivity index (χ2v) is 4.92. The van der Waals surface area contributed by atoms with Crippen LogP contribution in [0.15, 0.2) is 18.2 Å². The monoisotopic (exact) mass is 267 g/mol. The summed E-state index contributed by atoms with van der Waals surface area (Å²) in [5.74, 6) is -0.142. The lowest BCUT2D eigenvalue weighted by molar-refractivity contribution is 0.0243. The second-order valence-electron chi connectivity index (χ2n) is 4.92. The van der Waals surface area contributed by atoms with Crippen molar-refractivity contribution >= 4 is 5.91 Å². The largest absolute Gasteiger partial charge is 0.508 e. The van der Waals surface area contributed by atoms with Crippen LogP contribution in [0.1, 0.15) is 29.3 Å². The van der Waals surface area contributed by atoms with Crippen molar-refractivity contribution in [2.24, 2.45) is 0 Å². The molecule has 0 saturated carbocycles. The van der Waals surface area contributed by atoms with Crippen LogP contribution in [0.2, 0.25) is 0 Å². The lowest BCUT2D eigenvalue weighted by atomic mass is 10.0. The van der Waals surface area contributed by atoms with Gasteiger partial charge in [0.1, 0.15) is 5.75 Å². The zero-order chi connectivity index (χ0) is 14.5. The number of hydrogen-bond donors (Lipinski definition) is 3. The molecule has 5 heteroatoms. The topological polar surface area (TPSA) is 78.8 Å². The average Bonchev–Trinajstić information content (AvgIpc) is 2.34. The van der Waals surface area contributed by atoms with E-state index in [0.717, 1.165) is 0 Å². The van der Waals surface area contributed by atoms with Crippen LogP contribution in [0.3, 0.4) is 0 Å². The molecule has 0 bridgehead atoms. The summed E-state index contributed by atoms with van der Waals surface area (Å²) in [5.41, 5.74) is 0.172. The molecule has 19 heavy (non-hydrogen) atoms. The Morgan fingerprint density at radius 3 is 2.74 bits per heavy atom. The fraction of sp³-hybridized carbons (Fsp3) is 0.500. The van der Waals surface area contributed by atoms with Crippen molar-refractivity contribution in [2.75, 3.05) is 20.3 Å². The number of aromatic hydroxyl groups is 1. The van der Waals surface area contributed by atoms with Gasteiger partial charge in [0.2, 0.25) is 0 Å². The SMILES string of the molecule is COCCC(C)(O)CNC(=O)c1ccc(O)cc1C. The van der Waals surface area contributed by atoms with Crippen molar-refractivity contribution in [1.82, 2.24) is 5.32 Å². The molecule has 0 aromatic heterocycles. The van der Waals surface area contributed by atoms with Crippen molar-refractivity contribution in [1.29, 1.82) is 0 Å². The smallest absolute Gasteiger partial charge is 0.251 e. The molecule has 1 aromatic carbocycles. The first kappa shape index (κ1) is 15.5. The first-order valence-corrected chi connectivity index (χ1v) is 6.15.